The third-order valence-corrected chi connectivity index (χ3v) is 7.72. The number of benzene rings is 2. The van der Waals surface area contributed by atoms with E-state index in [1.165, 1.54) is 12.8 Å². The van der Waals surface area contributed by atoms with Crippen molar-refractivity contribution in [3.8, 4) is 5.75 Å². The van der Waals surface area contributed by atoms with E-state index in [-0.39, 0.29) is 30.2 Å². The highest BCUT2D eigenvalue weighted by molar-refractivity contribution is 5.96. The van der Waals surface area contributed by atoms with Crippen LogP contribution < -0.4 is 10.3 Å². The summed E-state index contributed by atoms with van der Waals surface area (Å²) < 4.78 is 8.08. The molecule has 3 aromatic rings. The number of carbonyl (C=O) groups excluding carboxylic acids is 1. The fourth-order valence-electron chi connectivity index (χ4n) is 5.85. The zero-order valence-electron chi connectivity index (χ0n) is 19.9. The summed E-state index contributed by atoms with van der Waals surface area (Å²) in [5.41, 5.74) is 2.06. The van der Waals surface area contributed by atoms with E-state index in [0.29, 0.717) is 24.7 Å². The molecule has 6 rings (SSSR count). The molecule has 3 aliphatic rings. The van der Waals surface area contributed by atoms with Gasteiger partial charge in [0.25, 0.3) is 5.91 Å². The molecule has 2 aliphatic carbocycles. The SMILES string of the molecule is O=C1c2c(OCc3ccccc3)c(=O)nc(C(c3ccccc3)C3CCCC3)n2CCN1C1CC1. The predicted octanol–water partition coefficient (Wildman–Crippen LogP) is 4.76. The van der Waals surface area contributed by atoms with Gasteiger partial charge in [-0.2, -0.15) is 4.98 Å². The molecule has 1 unspecified atom stereocenters. The van der Waals surface area contributed by atoms with Crippen molar-refractivity contribution in [2.45, 2.75) is 63.6 Å². The van der Waals surface area contributed by atoms with Gasteiger partial charge in [0.2, 0.25) is 5.75 Å². The maximum Gasteiger partial charge on any atom is 0.316 e. The van der Waals surface area contributed by atoms with Crippen molar-refractivity contribution in [1.82, 2.24) is 14.5 Å². The van der Waals surface area contributed by atoms with Crippen molar-refractivity contribution in [2.24, 2.45) is 5.92 Å². The van der Waals surface area contributed by atoms with E-state index in [2.05, 4.69) is 17.1 Å². The average Bonchev–Trinajstić information content (AvgIpc) is 3.59. The molecule has 0 saturated heterocycles. The topological polar surface area (TPSA) is 64.4 Å². The lowest BCUT2D eigenvalue weighted by Gasteiger charge is -2.34. The van der Waals surface area contributed by atoms with Gasteiger partial charge in [0.1, 0.15) is 12.4 Å². The lowest BCUT2D eigenvalue weighted by molar-refractivity contribution is 0.0674. The normalized spacial score (nSPS) is 19.0. The van der Waals surface area contributed by atoms with Crippen LogP contribution in [-0.2, 0) is 13.2 Å². The highest BCUT2D eigenvalue weighted by Crippen LogP contribution is 2.42. The first kappa shape index (κ1) is 22.1. The summed E-state index contributed by atoms with van der Waals surface area (Å²) in [5.74, 6) is 1.12. The Kier molecular flexibility index (Phi) is 5.88. The number of amides is 1. The second kappa shape index (κ2) is 9.33. The third kappa shape index (κ3) is 4.26. The van der Waals surface area contributed by atoms with Crippen LogP contribution in [0.5, 0.6) is 5.75 Å². The third-order valence-electron chi connectivity index (χ3n) is 7.72. The molecule has 35 heavy (non-hydrogen) atoms. The largest absolute Gasteiger partial charge is 0.481 e. The van der Waals surface area contributed by atoms with Crippen LogP contribution in [0.15, 0.2) is 65.5 Å². The fourth-order valence-corrected chi connectivity index (χ4v) is 5.85. The van der Waals surface area contributed by atoms with Crippen molar-refractivity contribution >= 4 is 5.91 Å². The minimum absolute atomic E-state index is 0.00593. The number of rotatable bonds is 7. The van der Waals surface area contributed by atoms with Crippen molar-refractivity contribution in [1.29, 1.82) is 0 Å². The van der Waals surface area contributed by atoms with Gasteiger partial charge in [-0.3, -0.25) is 9.59 Å². The monoisotopic (exact) mass is 469 g/mol. The Balaban J connectivity index is 1.47. The Morgan fingerprint density at radius 1 is 0.886 bits per heavy atom. The number of ether oxygens (including phenoxy) is 1. The van der Waals surface area contributed by atoms with E-state index in [9.17, 15) is 9.59 Å². The zero-order chi connectivity index (χ0) is 23.8. The number of fused-ring (bicyclic) bond motifs is 1. The lowest BCUT2D eigenvalue weighted by Crippen LogP contribution is -2.45. The molecule has 0 radical (unpaired) electrons. The first-order chi connectivity index (χ1) is 17.2. The standard InChI is InChI=1S/C29H31N3O3/c33-28-26(35-19-20-9-3-1-4-10-20)25-29(34)31(23-15-16-23)17-18-32(25)27(30-28)24(22-13-7-8-14-22)21-11-5-2-6-12-21/h1-6,9-12,22-24H,7-8,13-19H2. The Bertz CT molecular complexity index is 1260. The quantitative estimate of drug-likeness (QED) is 0.500. The van der Waals surface area contributed by atoms with Gasteiger partial charge >= 0.3 is 5.56 Å². The molecule has 1 amide bonds. The molecule has 2 fully saturated rings. The van der Waals surface area contributed by atoms with Gasteiger partial charge in [0, 0.05) is 25.0 Å². The van der Waals surface area contributed by atoms with Crippen LogP contribution in [0.4, 0.5) is 0 Å². The molecule has 1 aromatic heterocycles. The zero-order valence-corrected chi connectivity index (χ0v) is 19.9. The highest BCUT2D eigenvalue weighted by atomic mass is 16.5. The Morgan fingerprint density at radius 3 is 2.26 bits per heavy atom. The van der Waals surface area contributed by atoms with Gasteiger partial charge in [-0.25, -0.2) is 0 Å². The van der Waals surface area contributed by atoms with Crippen LogP contribution in [0, 0.1) is 5.92 Å². The van der Waals surface area contributed by atoms with Crippen molar-refractivity contribution in [2.75, 3.05) is 6.54 Å². The minimum Gasteiger partial charge on any atom is -0.481 e. The van der Waals surface area contributed by atoms with E-state index in [0.717, 1.165) is 42.6 Å². The number of aromatic nitrogens is 2. The van der Waals surface area contributed by atoms with Crippen molar-refractivity contribution in [3.63, 3.8) is 0 Å². The summed E-state index contributed by atoms with van der Waals surface area (Å²) in [4.78, 5) is 33.9. The summed E-state index contributed by atoms with van der Waals surface area (Å²) in [6, 6.07) is 20.4. The van der Waals surface area contributed by atoms with Crippen LogP contribution in [0.3, 0.4) is 0 Å². The van der Waals surface area contributed by atoms with Gasteiger partial charge in [-0.1, -0.05) is 73.5 Å². The maximum atomic E-state index is 13.8. The summed E-state index contributed by atoms with van der Waals surface area (Å²) >= 11 is 0. The first-order valence-corrected chi connectivity index (χ1v) is 12.9. The number of nitrogens with zero attached hydrogens (tertiary/aromatic N) is 3. The van der Waals surface area contributed by atoms with Gasteiger partial charge in [0.15, 0.2) is 5.69 Å². The Labute approximate surface area is 205 Å². The van der Waals surface area contributed by atoms with Gasteiger partial charge < -0.3 is 14.2 Å². The molecule has 0 bridgehead atoms. The van der Waals surface area contributed by atoms with E-state index in [1.54, 1.807) is 0 Å². The molecule has 2 aromatic carbocycles. The van der Waals surface area contributed by atoms with Crippen LogP contribution in [0.1, 0.15) is 71.9 Å². The molecule has 2 saturated carbocycles. The fraction of sp³-hybridized carbons (Fsp3) is 0.414. The molecule has 0 N–H and O–H groups in total. The number of carbonyl (C=O) groups is 1. The van der Waals surface area contributed by atoms with Crippen LogP contribution in [0.25, 0.3) is 0 Å². The van der Waals surface area contributed by atoms with E-state index < -0.39 is 5.56 Å². The molecule has 6 nitrogen and oxygen atoms in total. The van der Waals surface area contributed by atoms with E-state index in [1.807, 2.05) is 58.0 Å². The average molecular weight is 470 g/mol. The summed E-state index contributed by atoms with van der Waals surface area (Å²) in [6.07, 6.45) is 6.67. The van der Waals surface area contributed by atoms with E-state index in [4.69, 9.17) is 4.74 Å². The number of hydrogen-bond donors (Lipinski definition) is 0. The van der Waals surface area contributed by atoms with Crippen LogP contribution in [0.2, 0.25) is 0 Å². The lowest BCUT2D eigenvalue weighted by atomic mass is 9.83. The second-order valence-corrected chi connectivity index (χ2v) is 10.0. The minimum atomic E-state index is -0.438. The molecule has 1 aliphatic heterocycles. The maximum absolute atomic E-state index is 13.8. The van der Waals surface area contributed by atoms with Gasteiger partial charge in [0.05, 0.1) is 0 Å². The molecule has 1 atom stereocenters. The van der Waals surface area contributed by atoms with Gasteiger partial charge in [-0.15, -0.1) is 0 Å². The van der Waals surface area contributed by atoms with Crippen LogP contribution >= 0.6 is 0 Å². The smallest absolute Gasteiger partial charge is 0.316 e. The summed E-state index contributed by atoms with van der Waals surface area (Å²) in [5, 5.41) is 0. The van der Waals surface area contributed by atoms with Crippen molar-refractivity contribution < 1.29 is 9.53 Å². The van der Waals surface area contributed by atoms with Crippen LogP contribution in [-0.4, -0.2) is 32.9 Å². The molecule has 2 heterocycles. The second-order valence-electron chi connectivity index (χ2n) is 10.0. The molecular formula is C29H31N3O3. The molecular weight excluding hydrogens is 438 g/mol. The molecule has 180 valence electrons. The van der Waals surface area contributed by atoms with Crippen molar-refractivity contribution in [3.05, 3.63) is 93.7 Å². The predicted molar refractivity (Wildman–Crippen MR) is 134 cm³/mol. The summed E-state index contributed by atoms with van der Waals surface area (Å²) in [6.45, 7) is 1.52. The Hall–Kier alpha value is -3.41. The molecule has 6 heteroatoms. The molecule has 0 spiro atoms. The Morgan fingerprint density at radius 2 is 1.57 bits per heavy atom. The summed E-state index contributed by atoms with van der Waals surface area (Å²) in [7, 11) is 0. The first-order valence-electron chi connectivity index (χ1n) is 12.9. The highest BCUT2D eigenvalue weighted by Gasteiger charge is 2.41. The number of hydrogen-bond acceptors (Lipinski definition) is 4. The van der Waals surface area contributed by atoms with E-state index >= 15 is 0 Å². The van der Waals surface area contributed by atoms with Gasteiger partial charge in [-0.05, 0) is 42.7 Å².